The van der Waals surface area contributed by atoms with Gasteiger partial charge in [-0.05, 0) is 0 Å². The van der Waals surface area contributed by atoms with E-state index in [2.05, 4.69) is 0 Å². The summed E-state index contributed by atoms with van der Waals surface area (Å²) in [5, 5.41) is 19.2. The molecule has 1 N–H and O–H groups in total. The molecule has 110 valence electrons. The van der Waals surface area contributed by atoms with E-state index in [4.69, 9.17) is 25.3 Å². The summed E-state index contributed by atoms with van der Waals surface area (Å²) in [7, 11) is 1.89. The van der Waals surface area contributed by atoms with Gasteiger partial charge in [0, 0.05) is 16.7 Å². The van der Waals surface area contributed by atoms with Crippen LogP contribution in [0.1, 0.15) is 0 Å². The summed E-state index contributed by atoms with van der Waals surface area (Å²) < 4.78 is 32.3. The lowest BCUT2D eigenvalue weighted by molar-refractivity contribution is -0.385. The molecular formula is C9H8ClNO8S. The molecule has 0 heterocycles. The number of non-ortho nitro benzene ring substituents is 1. The molecule has 0 amide bonds. The molecular weight excluding hydrogens is 318 g/mol. The van der Waals surface area contributed by atoms with Crippen molar-refractivity contribution in [1.29, 1.82) is 0 Å². The van der Waals surface area contributed by atoms with E-state index >= 15 is 0 Å². The largest absolute Gasteiger partial charge is 0.492 e. The van der Waals surface area contributed by atoms with Gasteiger partial charge in [-0.15, -0.1) is 0 Å². The number of rotatable bonds is 6. The number of carboxylic acids is 1. The van der Waals surface area contributed by atoms with Crippen LogP contribution in [-0.2, 0) is 13.8 Å². The Balaban J connectivity index is 3.51. The van der Waals surface area contributed by atoms with Gasteiger partial charge in [0.2, 0.25) is 0 Å². The van der Waals surface area contributed by atoms with Crippen molar-refractivity contribution in [2.24, 2.45) is 0 Å². The minimum absolute atomic E-state index is 0.410. The summed E-state index contributed by atoms with van der Waals surface area (Å²) in [5.41, 5.74) is -0.634. The third kappa shape index (κ3) is 3.71. The van der Waals surface area contributed by atoms with E-state index in [1.165, 1.54) is 0 Å². The Morgan fingerprint density at radius 3 is 2.50 bits per heavy atom. The van der Waals surface area contributed by atoms with E-state index < -0.39 is 48.6 Å². The van der Waals surface area contributed by atoms with E-state index in [1.807, 2.05) is 0 Å². The highest BCUT2D eigenvalue weighted by Crippen LogP contribution is 2.39. The zero-order valence-corrected chi connectivity index (χ0v) is 11.5. The Morgan fingerprint density at radius 2 is 2.10 bits per heavy atom. The molecule has 0 aliphatic rings. The van der Waals surface area contributed by atoms with Crippen LogP contribution in [0, 0.1) is 10.1 Å². The number of aliphatic carboxylic acids is 1. The number of carbonyl (C=O) groups is 1. The molecule has 0 atom stereocenters. The zero-order valence-electron chi connectivity index (χ0n) is 9.90. The first-order chi connectivity index (χ1) is 9.16. The average Bonchev–Trinajstić information content (AvgIpc) is 2.33. The Hall–Kier alpha value is -2.07. The van der Waals surface area contributed by atoms with Crippen LogP contribution in [0.2, 0.25) is 0 Å². The van der Waals surface area contributed by atoms with Crippen LogP contribution in [0.15, 0.2) is 17.0 Å². The molecule has 0 aliphatic heterocycles. The van der Waals surface area contributed by atoms with Crippen molar-refractivity contribution in [2.45, 2.75) is 4.90 Å². The molecule has 0 aliphatic carbocycles. The van der Waals surface area contributed by atoms with Crippen LogP contribution in [0.3, 0.4) is 0 Å². The lowest BCUT2D eigenvalue weighted by Crippen LogP contribution is -2.11. The number of carboxylic acid groups (broad SMARTS) is 1. The molecule has 0 aromatic heterocycles. The fourth-order valence-electron chi connectivity index (χ4n) is 1.30. The summed E-state index contributed by atoms with van der Waals surface area (Å²) in [6.07, 6.45) is 0. The molecule has 1 rings (SSSR count). The maximum atomic E-state index is 11.4. The number of benzene rings is 1. The molecule has 0 unspecified atom stereocenters. The van der Waals surface area contributed by atoms with Crippen LogP contribution in [-0.4, -0.2) is 38.1 Å². The number of ether oxygens (including phenoxy) is 2. The monoisotopic (exact) mass is 325 g/mol. The minimum atomic E-state index is -4.35. The minimum Gasteiger partial charge on any atom is -0.492 e. The van der Waals surface area contributed by atoms with Gasteiger partial charge >= 0.3 is 5.97 Å². The van der Waals surface area contributed by atoms with Crippen molar-refractivity contribution in [2.75, 3.05) is 13.7 Å². The van der Waals surface area contributed by atoms with E-state index in [0.29, 0.717) is 6.07 Å². The third-order valence-corrected chi connectivity index (χ3v) is 3.36. The fraction of sp³-hybridized carbons (Fsp3) is 0.222. The highest BCUT2D eigenvalue weighted by Gasteiger charge is 2.26. The van der Waals surface area contributed by atoms with Gasteiger partial charge in [0.15, 0.2) is 18.1 Å². The second kappa shape index (κ2) is 5.92. The quantitative estimate of drug-likeness (QED) is 0.465. The van der Waals surface area contributed by atoms with Crippen LogP contribution < -0.4 is 9.47 Å². The number of nitrogens with zero attached hydrogens (tertiary/aromatic N) is 1. The summed E-state index contributed by atoms with van der Waals surface area (Å²) >= 11 is 0. The maximum absolute atomic E-state index is 11.4. The molecule has 0 bridgehead atoms. The first-order valence-corrected chi connectivity index (χ1v) is 7.13. The Labute approximate surface area is 117 Å². The zero-order chi connectivity index (χ0) is 15.5. The van der Waals surface area contributed by atoms with Crippen LogP contribution >= 0.6 is 10.7 Å². The van der Waals surface area contributed by atoms with Crippen molar-refractivity contribution in [1.82, 2.24) is 0 Å². The van der Waals surface area contributed by atoms with E-state index in [1.54, 1.807) is 0 Å². The predicted octanol–water partition coefficient (Wildman–Crippen LogP) is 0.994. The number of halogens is 1. The van der Waals surface area contributed by atoms with Gasteiger partial charge in [-0.2, -0.15) is 0 Å². The second-order valence-corrected chi connectivity index (χ2v) is 5.89. The highest BCUT2D eigenvalue weighted by molar-refractivity contribution is 8.13. The smallest absolute Gasteiger partial charge is 0.341 e. The summed E-state index contributed by atoms with van der Waals surface area (Å²) in [6.45, 7) is -0.834. The van der Waals surface area contributed by atoms with Gasteiger partial charge in [-0.1, -0.05) is 0 Å². The Kier molecular flexibility index (Phi) is 4.73. The van der Waals surface area contributed by atoms with E-state index in [-0.39, 0.29) is 0 Å². The van der Waals surface area contributed by atoms with Gasteiger partial charge in [0.1, 0.15) is 4.90 Å². The molecule has 0 spiro atoms. The van der Waals surface area contributed by atoms with Crippen LogP contribution in [0.4, 0.5) is 5.69 Å². The van der Waals surface area contributed by atoms with E-state index in [0.717, 1.165) is 13.2 Å². The average molecular weight is 326 g/mol. The van der Waals surface area contributed by atoms with Crippen molar-refractivity contribution in [3.63, 3.8) is 0 Å². The number of hydrogen-bond donors (Lipinski definition) is 1. The molecule has 11 heteroatoms. The maximum Gasteiger partial charge on any atom is 0.341 e. The lowest BCUT2D eigenvalue weighted by atomic mass is 10.3. The molecule has 20 heavy (non-hydrogen) atoms. The number of nitro benzene ring substituents is 1. The Morgan fingerprint density at radius 1 is 1.50 bits per heavy atom. The van der Waals surface area contributed by atoms with E-state index in [9.17, 15) is 23.3 Å². The van der Waals surface area contributed by atoms with Crippen molar-refractivity contribution < 1.29 is 32.7 Å². The lowest BCUT2D eigenvalue weighted by Gasteiger charge is -2.11. The van der Waals surface area contributed by atoms with Crippen LogP contribution in [0.5, 0.6) is 11.5 Å². The first kappa shape index (κ1) is 16.0. The van der Waals surface area contributed by atoms with Gasteiger partial charge in [0.05, 0.1) is 18.1 Å². The molecule has 0 fully saturated rings. The van der Waals surface area contributed by atoms with Crippen molar-refractivity contribution >= 4 is 31.4 Å². The van der Waals surface area contributed by atoms with Crippen molar-refractivity contribution in [3.8, 4) is 11.5 Å². The third-order valence-electron chi connectivity index (χ3n) is 2.03. The number of hydrogen-bond acceptors (Lipinski definition) is 7. The predicted molar refractivity (Wildman–Crippen MR) is 65.8 cm³/mol. The van der Waals surface area contributed by atoms with Gasteiger partial charge < -0.3 is 14.6 Å². The number of nitro groups is 1. The SMILES string of the molecule is COc1c(OCC(=O)O)cc([N+](=O)[O-])cc1S(=O)(=O)Cl. The molecule has 9 nitrogen and oxygen atoms in total. The molecule has 1 aromatic rings. The second-order valence-electron chi connectivity index (χ2n) is 3.35. The first-order valence-electron chi connectivity index (χ1n) is 4.82. The standard InChI is InChI=1S/C9H8ClNO8S/c1-18-9-6(19-4-8(12)13)2-5(11(14)15)3-7(9)20(10,16)17/h2-3H,4H2,1H3,(H,12,13). The van der Waals surface area contributed by atoms with Gasteiger partial charge in [-0.3, -0.25) is 10.1 Å². The molecule has 0 radical (unpaired) electrons. The topological polar surface area (TPSA) is 133 Å². The number of methoxy groups -OCH3 is 1. The highest BCUT2D eigenvalue weighted by atomic mass is 35.7. The molecule has 0 saturated carbocycles. The van der Waals surface area contributed by atoms with Gasteiger partial charge in [-0.25, -0.2) is 13.2 Å². The summed E-state index contributed by atoms with van der Waals surface area (Å²) in [6, 6.07) is 1.53. The Bertz CT molecular complexity index is 656. The van der Waals surface area contributed by atoms with Crippen LogP contribution in [0.25, 0.3) is 0 Å². The van der Waals surface area contributed by atoms with Gasteiger partial charge in [0.25, 0.3) is 14.7 Å². The normalized spacial score (nSPS) is 10.9. The fourth-order valence-corrected chi connectivity index (χ4v) is 2.31. The summed E-state index contributed by atoms with van der Waals surface area (Å²) in [5.74, 6) is -2.18. The molecule has 1 aromatic carbocycles. The molecule has 0 saturated heterocycles. The summed E-state index contributed by atoms with van der Waals surface area (Å²) in [4.78, 5) is 19.6. The van der Waals surface area contributed by atoms with Crippen molar-refractivity contribution in [3.05, 3.63) is 22.2 Å².